The van der Waals surface area contributed by atoms with Crippen LogP contribution in [0.3, 0.4) is 0 Å². The van der Waals surface area contributed by atoms with Crippen LogP contribution < -0.4 is 15.0 Å². The minimum absolute atomic E-state index is 0.194. The van der Waals surface area contributed by atoms with Crippen LogP contribution in [0.15, 0.2) is 66.8 Å². The molecular formula is C22H18N2O6. The Balaban J connectivity index is 1.96. The van der Waals surface area contributed by atoms with Gasteiger partial charge in [-0.2, -0.15) is 0 Å². The molecule has 1 saturated heterocycles. The average molecular weight is 406 g/mol. The van der Waals surface area contributed by atoms with Crippen molar-refractivity contribution in [1.29, 1.82) is 0 Å². The first-order valence-corrected chi connectivity index (χ1v) is 8.89. The minimum Gasteiger partial charge on any atom is -0.489 e. The number of imide groups is 2. The van der Waals surface area contributed by atoms with E-state index in [1.165, 1.54) is 37.5 Å². The van der Waals surface area contributed by atoms with Gasteiger partial charge in [0.05, 0.1) is 18.4 Å². The average Bonchev–Trinajstić information content (AvgIpc) is 2.75. The quantitative estimate of drug-likeness (QED) is 0.343. The fourth-order valence-electron chi connectivity index (χ4n) is 2.79. The van der Waals surface area contributed by atoms with Crippen LogP contribution in [-0.4, -0.2) is 37.5 Å². The normalized spacial score (nSPS) is 15.0. The van der Waals surface area contributed by atoms with Crippen LogP contribution in [-0.2, 0) is 14.3 Å². The van der Waals surface area contributed by atoms with Crippen molar-refractivity contribution in [2.24, 2.45) is 0 Å². The van der Waals surface area contributed by atoms with Crippen molar-refractivity contribution in [3.63, 3.8) is 0 Å². The Hall–Kier alpha value is -4.20. The second kappa shape index (κ2) is 8.87. The Kier molecular flexibility index (Phi) is 6.07. The fraction of sp³-hybridized carbons (Fsp3) is 0.0909. The van der Waals surface area contributed by atoms with Crippen LogP contribution in [0.5, 0.6) is 5.75 Å². The molecule has 1 heterocycles. The number of nitrogens with one attached hydrogen (secondary N) is 1. The zero-order chi connectivity index (χ0) is 21.7. The number of anilines is 1. The molecule has 0 aliphatic carbocycles. The SMILES string of the molecule is C=CCOc1ccccc1/C=C1\C(=O)NC(=O)N(c2ccc(C(=O)OC)cc2)C1=O. The molecule has 4 amide bonds. The maximum Gasteiger partial charge on any atom is 0.337 e. The summed E-state index contributed by atoms with van der Waals surface area (Å²) in [5.41, 5.74) is 0.709. The number of benzene rings is 2. The van der Waals surface area contributed by atoms with E-state index >= 15 is 0 Å². The topological polar surface area (TPSA) is 102 Å². The molecule has 0 bridgehead atoms. The highest BCUT2D eigenvalue weighted by molar-refractivity contribution is 6.39. The van der Waals surface area contributed by atoms with E-state index < -0.39 is 23.8 Å². The summed E-state index contributed by atoms with van der Waals surface area (Å²) in [5.74, 6) is -1.71. The molecule has 152 valence electrons. The molecule has 3 rings (SSSR count). The zero-order valence-corrected chi connectivity index (χ0v) is 16.1. The lowest BCUT2D eigenvalue weighted by Gasteiger charge is -2.26. The van der Waals surface area contributed by atoms with Gasteiger partial charge in [-0.15, -0.1) is 0 Å². The Morgan fingerprint density at radius 1 is 1.10 bits per heavy atom. The summed E-state index contributed by atoms with van der Waals surface area (Å²) in [6, 6.07) is 11.6. The second-order valence-corrected chi connectivity index (χ2v) is 6.13. The van der Waals surface area contributed by atoms with E-state index in [4.69, 9.17) is 4.74 Å². The Bertz CT molecular complexity index is 1060. The van der Waals surface area contributed by atoms with Gasteiger partial charge in [-0.1, -0.05) is 30.9 Å². The van der Waals surface area contributed by atoms with E-state index in [-0.39, 0.29) is 23.4 Å². The predicted octanol–water partition coefficient (Wildman–Crippen LogP) is 2.70. The van der Waals surface area contributed by atoms with E-state index in [0.717, 1.165) is 4.90 Å². The summed E-state index contributed by atoms with van der Waals surface area (Å²) in [6.07, 6.45) is 2.93. The molecule has 1 fully saturated rings. The van der Waals surface area contributed by atoms with E-state index in [2.05, 4.69) is 16.6 Å². The third-order valence-electron chi connectivity index (χ3n) is 4.22. The molecule has 0 aromatic heterocycles. The number of hydrogen-bond donors (Lipinski definition) is 1. The van der Waals surface area contributed by atoms with Gasteiger partial charge in [-0.3, -0.25) is 14.9 Å². The van der Waals surface area contributed by atoms with Crippen LogP contribution in [0.4, 0.5) is 10.5 Å². The third-order valence-corrected chi connectivity index (χ3v) is 4.22. The summed E-state index contributed by atoms with van der Waals surface area (Å²) >= 11 is 0. The molecule has 1 aliphatic rings. The highest BCUT2D eigenvalue weighted by Crippen LogP contribution is 2.25. The molecule has 30 heavy (non-hydrogen) atoms. The number of rotatable bonds is 6. The molecule has 8 nitrogen and oxygen atoms in total. The van der Waals surface area contributed by atoms with E-state index in [9.17, 15) is 19.2 Å². The summed E-state index contributed by atoms with van der Waals surface area (Å²) in [7, 11) is 1.25. The molecule has 8 heteroatoms. The Morgan fingerprint density at radius 2 is 1.80 bits per heavy atom. The zero-order valence-electron chi connectivity index (χ0n) is 16.1. The van der Waals surface area contributed by atoms with Gasteiger partial charge in [0.1, 0.15) is 17.9 Å². The van der Waals surface area contributed by atoms with Gasteiger partial charge in [0, 0.05) is 5.56 Å². The molecule has 1 aliphatic heterocycles. The number of hydrogen-bond acceptors (Lipinski definition) is 6. The van der Waals surface area contributed by atoms with Crippen molar-refractivity contribution >= 4 is 35.6 Å². The number of carbonyl (C=O) groups is 4. The van der Waals surface area contributed by atoms with Gasteiger partial charge in [0.25, 0.3) is 11.8 Å². The maximum atomic E-state index is 13.0. The monoisotopic (exact) mass is 406 g/mol. The van der Waals surface area contributed by atoms with Crippen LogP contribution in [0.25, 0.3) is 6.08 Å². The lowest BCUT2D eigenvalue weighted by atomic mass is 10.1. The molecule has 0 spiro atoms. The smallest absolute Gasteiger partial charge is 0.337 e. The van der Waals surface area contributed by atoms with E-state index in [1.807, 2.05) is 0 Å². The van der Waals surface area contributed by atoms with Gasteiger partial charge in [-0.05, 0) is 36.4 Å². The largest absolute Gasteiger partial charge is 0.489 e. The van der Waals surface area contributed by atoms with Crippen molar-refractivity contribution < 1.29 is 28.7 Å². The number of urea groups is 1. The molecule has 1 N–H and O–H groups in total. The Morgan fingerprint density at radius 3 is 2.47 bits per heavy atom. The van der Waals surface area contributed by atoms with Crippen molar-refractivity contribution in [2.45, 2.75) is 0 Å². The van der Waals surface area contributed by atoms with Crippen molar-refractivity contribution in [1.82, 2.24) is 5.32 Å². The highest BCUT2D eigenvalue weighted by Gasteiger charge is 2.37. The second-order valence-electron chi connectivity index (χ2n) is 6.13. The van der Waals surface area contributed by atoms with Crippen LogP contribution in [0, 0.1) is 0 Å². The fourth-order valence-corrected chi connectivity index (χ4v) is 2.79. The minimum atomic E-state index is -0.885. The molecule has 0 radical (unpaired) electrons. The predicted molar refractivity (Wildman–Crippen MR) is 109 cm³/mol. The first kappa shape index (κ1) is 20.5. The van der Waals surface area contributed by atoms with Gasteiger partial charge in [0.15, 0.2) is 0 Å². The molecule has 2 aromatic rings. The number of nitrogens with zero attached hydrogens (tertiary/aromatic N) is 1. The maximum absolute atomic E-state index is 13.0. The van der Waals surface area contributed by atoms with Crippen molar-refractivity contribution in [2.75, 3.05) is 18.6 Å². The lowest BCUT2D eigenvalue weighted by molar-refractivity contribution is -0.122. The lowest BCUT2D eigenvalue weighted by Crippen LogP contribution is -2.54. The number of amides is 4. The van der Waals surface area contributed by atoms with Gasteiger partial charge >= 0.3 is 12.0 Å². The first-order valence-electron chi connectivity index (χ1n) is 8.89. The van der Waals surface area contributed by atoms with Gasteiger partial charge in [0.2, 0.25) is 0 Å². The van der Waals surface area contributed by atoms with Gasteiger partial charge in [-0.25, -0.2) is 14.5 Å². The summed E-state index contributed by atoms with van der Waals surface area (Å²) in [5, 5.41) is 2.15. The molecule has 0 atom stereocenters. The number of ether oxygens (including phenoxy) is 2. The number of para-hydroxylation sites is 1. The number of esters is 1. The van der Waals surface area contributed by atoms with Crippen molar-refractivity contribution in [3.8, 4) is 5.75 Å². The number of carbonyl (C=O) groups excluding carboxylic acids is 4. The molecular weight excluding hydrogens is 388 g/mol. The number of methoxy groups -OCH3 is 1. The molecule has 0 saturated carbocycles. The number of barbiturate groups is 1. The highest BCUT2D eigenvalue weighted by atomic mass is 16.5. The third kappa shape index (κ3) is 4.12. The first-order chi connectivity index (χ1) is 14.5. The van der Waals surface area contributed by atoms with Crippen LogP contribution >= 0.6 is 0 Å². The van der Waals surface area contributed by atoms with E-state index in [0.29, 0.717) is 11.3 Å². The van der Waals surface area contributed by atoms with Crippen molar-refractivity contribution in [3.05, 3.63) is 77.9 Å². The standard InChI is InChI=1S/C22H18N2O6/c1-3-12-30-18-7-5-4-6-15(18)13-17-19(25)23-22(28)24(20(17)26)16-10-8-14(9-11-16)21(27)29-2/h3-11,13H,1,12H2,2H3,(H,23,25,28)/b17-13+. The summed E-state index contributed by atoms with van der Waals surface area (Å²) < 4.78 is 10.2. The summed E-state index contributed by atoms with van der Waals surface area (Å²) in [4.78, 5) is 50.0. The van der Waals surface area contributed by atoms with Gasteiger partial charge < -0.3 is 9.47 Å². The molecule has 0 unspecified atom stereocenters. The van der Waals surface area contributed by atoms with Crippen LogP contribution in [0.1, 0.15) is 15.9 Å². The summed E-state index contributed by atoms with van der Waals surface area (Å²) in [6.45, 7) is 3.84. The van der Waals surface area contributed by atoms with E-state index in [1.54, 1.807) is 30.3 Å². The Labute approximate surface area is 172 Å². The molecule has 2 aromatic carbocycles. The van der Waals surface area contributed by atoms with Crippen LogP contribution in [0.2, 0.25) is 0 Å².